The van der Waals surface area contributed by atoms with Crippen LogP contribution in [0.1, 0.15) is 194 Å². The Morgan fingerprint density at radius 3 is 0.825 bits per heavy atom. The first-order valence-electron chi connectivity index (χ1n) is 17.8. The quantitative estimate of drug-likeness (QED) is 0.0469. The summed E-state index contributed by atoms with van der Waals surface area (Å²) in [6.45, 7) is 5.67. The van der Waals surface area contributed by atoms with Crippen LogP contribution in [-0.4, -0.2) is 38.6 Å². The summed E-state index contributed by atoms with van der Waals surface area (Å²) in [5.41, 5.74) is 0. The fourth-order valence-corrected chi connectivity index (χ4v) is 11.9. The van der Waals surface area contributed by atoms with Gasteiger partial charge in [0.05, 0.1) is 0 Å². The van der Waals surface area contributed by atoms with E-state index < -0.39 is 17.2 Å². The molecule has 0 rings (SSSR count). The average molecular weight is 609 g/mol. The molecule has 0 saturated carbocycles. The molecule has 0 amide bonds. The molecule has 0 saturated heterocycles. The van der Waals surface area contributed by atoms with Crippen LogP contribution in [-0.2, 0) is 14.4 Å². The number of hydrogen-bond donors (Lipinski definition) is 1. The van der Waals surface area contributed by atoms with Crippen molar-refractivity contribution in [1.82, 2.24) is 0 Å². The monoisotopic (exact) mass is 608 g/mol. The molecule has 0 aromatic rings. The summed E-state index contributed by atoms with van der Waals surface area (Å²) in [4.78, 5) is 0. The Balaban J connectivity index is 3.94. The van der Waals surface area contributed by atoms with Crippen molar-refractivity contribution in [1.29, 1.82) is 0 Å². The van der Waals surface area contributed by atoms with Crippen molar-refractivity contribution in [2.24, 2.45) is 0 Å². The molecule has 0 aromatic heterocycles. The van der Waals surface area contributed by atoms with Gasteiger partial charge >= 0.3 is 201 Å². The first-order valence-corrected chi connectivity index (χ1v) is 22.6. The van der Waals surface area contributed by atoms with Crippen LogP contribution in [0.4, 0.5) is 0 Å². The molecule has 0 aliphatic rings. The first kappa shape index (κ1) is 40.3. The molecule has 40 heavy (non-hydrogen) atoms. The molecule has 0 aliphatic heterocycles. The van der Waals surface area contributed by atoms with Crippen LogP contribution in [0.25, 0.3) is 0 Å². The van der Waals surface area contributed by atoms with Crippen molar-refractivity contribution in [3.05, 3.63) is 0 Å². The van der Waals surface area contributed by atoms with Crippen molar-refractivity contribution in [3.63, 3.8) is 0 Å². The van der Waals surface area contributed by atoms with Crippen molar-refractivity contribution in [2.75, 3.05) is 25.7 Å². The fraction of sp³-hybridized carbons (Fsp3) is 1.00. The van der Waals surface area contributed by atoms with Crippen LogP contribution in [0.15, 0.2) is 0 Å². The van der Waals surface area contributed by atoms with Gasteiger partial charge in [-0.2, -0.15) is 0 Å². The summed E-state index contributed by atoms with van der Waals surface area (Å²) in [6.07, 6.45) is 38.4. The van der Waals surface area contributed by atoms with Gasteiger partial charge in [-0.1, -0.05) is 52.4 Å². The summed E-state index contributed by atoms with van der Waals surface area (Å²) in [7, 11) is -4.42. The molecule has 0 aliphatic carbocycles. The summed E-state index contributed by atoms with van der Waals surface area (Å²) >= 11 is 0. The molecule has 0 fully saturated rings. The molecular formula is C34H73O4PS. The molecule has 0 atom stereocenters. The Morgan fingerprint density at radius 1 is 0.425 bits per heavy atom. The van der Waals surface area contributed by atoms with Crippen LogP contribution in [0.5, 0.6) is 0 Å². The zero-order valence-electron chi connectivity index (χ0n) is 27.7. The van der Waals surface area contributed by atoms with Gasteiger partial charge in [0.25, 0.3) is 0 Å². The topological polar surface area (TPSA) is 63.6 Å². The van der Waals surface area contributed by atoms with E-state index in [-0.39, 0.29) is 0 Å². The Bertz CT molecular complexity index is 614. The van der Waals surface area contributed by atoms with Crippen LogP contribution in [0.2, 0.25) is 0 Å². The molecule has 0 unspecified atom stereocenters. The van der Waals surface area contributed by atoms with Crippen LogP contribution < -0.4 is 0 Å². The van der Waals surface area contributed by atoms with Gasteiger partial charge in [0.15, 0.2) is 0 Å². The third-order valence-electron chi connectivity index (χ3n) is 8.77. The molecule has 1 N–H and O–H groups in total. The van der Waals surface area contributed by atoms with Gasteiger partial charge in [0.1, 0.15) is 0 Å². The van der Waals surface area contributed by atoms with E-state index in [1.54, 1.807) is 0 Å². The van der Waals surface area contributed by atoms with Gasteiger partial charge in [-0.3, -0.25) is 0 Å². The molecule has 0 spiro atoms. The minimum atomic E-state index is -4.42. The number of rotatable bonds is 32. The van der Waals surface area contributed by atoms with Crippen molar-refractivity contribution < 1.29 is 16.9 Å². The SMILES string of the molecule is CCCCCCCCCCCCCCCCP(C)(C)(CCCCCCCCCCCCCCCC)OS(=O)(=O)O. The van der Waals surface area contributed by atoms with Crippen LogP contribution in [0, 0.1) is 0 Å². The van der Waals surface area contributed by atoms with Crippen molar-refractivity contribution in [2.45, 2.75) is 194 Å². The fourth-order valence-electron chi connectivity index (χ4n) is 6.11. The minimum absolute atomic E-state index is 0.794. The second-order valence-electron chi connectivity index (χ2n) is 13.7. The Kier molecular flexibility index (Phi) is 26.0. The molecule has 6 heteroatoms. The predicted molar refractivity (Wildman–Crippen MR) is 182 cm³/mol. The van der Waals surface area contributed by atoms with E-state index in [2.05, 4.69) is 13.8 Å². The van der Waals surface area contributed by atoms with Gasteiger partial charge in [0, 0.05) is 0 Å². The standard InChI is InChI=1S/C34H73O4PS/c1-5-7-9-11-13-15-17-19-21-23-25-27-29-31-33-39(3,4,38-40(35,36)37)34-32-30-28-26-24-22-20-18-16-14-12-10-8-6-2/h5-34H2,1-4H3,(H,35,36,37). The van der Waals surface area contributed by atoms with E-state index in [1.807, 2.05) is 13.3 Å². The van der Waals surface area contributed by atoms with E-state index in [9.17, 15) is 13.0 Å². The molecule has 244 valence electrons. The van der Waals surface area contributed by atoms with E-state index in [0.29, 0.717) is 0 Å². The molecule has 0 bridgehead atoms. The summed E-state index contributed by atoms with van der Waals surface area (Å²) < 4.78 is 38.5. The second-order valence-corrected chi connectivity index (χ2v) is 21.2. The van der Waals surface area contributed by atoms with Crippen LogP contribution in [0.3, 0.4) is 0 Å². The number of hydrogen-bond acceptors (Lipinski definition) is 3. The van der Waals surface area contributed by atoms with Crippen LogP contribution >= 0.6 is 6.83 Å². The molecule has 0 aromatic carbocycles. The van der Waals surface area contributed by atoms with E-state index in [0.717, 1.165) is 38.0 Å². The Labute approximate surface area is 252 Å². The normalized spacial score (nSPS) is 13.5. The zero-order valence-corrected chi connectivity index (χ0v) is 29.5. The number of unbranched alkanes of at least 4 members (excludes halogenated alkanes) is 26. The summed E-state index contributed by atoms with van der Waals surface area (Å²) in [5.74, 6) is 0. The third kappa shape index (κ3) is 28.4. The van der Waals surface area contributed by atoms with Gasteiger partial charge < -0.3 is 0 Å². The average Bonchev–Trinajstić information content (AvgIpc) is 2.88. The second kappa shape index (κ2) is 25.8. The van der Waals surface area contributed by atoms with Gasteiger partial charge in [-0.15, -0.1) is 0 Å². The molecule has 0 radical (unpaired) electrons. The van der Waals surface area contributed by atoms with Gasteiger partial charge in [0.2, 0.25) is 0 Å². The first-order chi connectivity index (χ1) is 19.1. The Morgan fingerprint density at radius 2 is 0.625 bits per heavy atom. The maximum atomic E-state index is 11.7. The Hall–Kier alpha value is 0.300. The predicted octanol–water partition coefficient (Wildman–Crippen LogP) is 12.5. The van der Waals surface area contributed by atoms with E-state index in [1.165, 1.54) is 154 Å². The van der Waals surface area contributed by atoms with Crippen molar-refractivity contribution in [3.8, 4) is 0 Å². The molecule has 0 heterocycles. The molecule has 4 nitrogen and oxygen atoms in total. The molecular weight excluding hydrogens is 535 g/mol. The summed E-state index contributed by atoms with van der Waals surface area (Å²) in [5, 5.41) is 0. The zero-order chi connectivity index (χ0) is 29.9. The van der Waals surface area contributed by atoms with Gasteiger partial charge in [-0.25, -0.2) is 0 Å². The maximum absolute atomic E-state index is 11.7. The van der Waals surface area contributed by atoms with E-state index in [4.69, 9.17) is 3.97 Å². The van der Waals surface area contributed by atoms with Gasteiger partial charge in [-0.05, 0) is 0 Å². The summed E-state index contributed by atoms with van der Waals surface area (Å²) in [6, 6.07) is 0. The van der Waals surface area contributed by atoms with Crippen molar-refractivity contribution >= 4 is 17.2 Å². The third-order valence-corrected chi connectivity index (χ3v) is 15.0. The van der Waals surface area contributed by atoms with E-state index >= 15 is 0 Å².